The monoisotopic (exact) mass is 572 g/mol. The molecular formula is C27H45ClN4O5S. The van der Waals surface area contributed by atoms with Crippen LogP contribution in [0.25, 0.3) is 0 Å². The molecule has 0 aromatic heterocycles. The number of allylic oxidation sites excluding steroid dienone is 1. The highest BCUT2D eigenvalue weighted by molar-refractivity contribution is 7.89. The Morgan fingerprint density at radius 3 is 1.95 bits per heavy atom. The maximum atomic E-state index is 13.0. The number of nitrogens with zero attached hydrogens (tertiary/aromatic N) is 4. The second-order valence-corrected chi connectivity index (χ2v) is 10.9. The zero-order chi connectivity index (χ0) is 28.6. The lowest BCUT2D eigenvalue weighted by atomic mass is 9.99. The van der Waals surface area contributed by atoms with Gasteiger partial charge in [-0.25, -0.2) is 13.4 Å². The zero-order valence-electron chi connectivity index (χ0n) is 23.7. The maximum absolute atomic E-state index is 13.0. The van der Waals surface area contributed by atoms with E-state index in [9.17, 15) is 13.2 Å². The number of ether oxygens (including phenoxy) is 2. The lowest BCUT2D eigenvalue weighted by Crippen LogP contribution is -2.53. The first-order valence-corrected chi connectivity index (χ1v) is 15.0. The van der Waals surface area contributed by atoms with Crippen molar-refractivity contribution < 1.29 is 22.7 Å². The topological polar surface area (TPSA) is 91.8 Å². The minimum absolute atomic E-state index is 0.167. The van der Waals surface area contributed by atoms with E-state index in [1.807, 2.05) is 33.8 Å². The number of benzene rings is 1. The number of methoxy groups -OCH3 is 2. The molecule has 0 N–H and O–H groups in total. The van der Waals surface area contributed by atoms with E-state index >= 15 is 0 Å². The fourth-order valence-corrected chi connectivity index (χ4v) is 6.46. The summed E-state index contributed by atoms with van der Waals surface area (Å²) in [4.78, 5) is 19.0. The number of hydrogen-bond acceptors (Lipinski definition) is 7. The molecule has 0 saturated carbocycles. The van der Waals surface area contributed by atoms with Crippen molar-refractivity contribution in [1.29, 1.82) is 0 Å². The Bertz CT molecular complexity index is 946. The summed E-state index contributed by atoms with van der Waals surface area (Å²) in [5.74, 6) is 0.998. The summed E-state index contributed by atoms with van der Waals surface area (Å²) >= 11 is 5.86. The second kappa shape index (κ2) is 18.3. The van der Waals surface area contributed by atoms with Crippen molar-refractivity contribution in [2.45, 2.75) is 63.9 Å². The van der Waals surface area contributed by atoms with Gasteiger partial charge in [0.15, 0.2) is 0 Å². The van der Waals surface area contributed by atoms with E-state index in [1.165, 1.54) is 0 Å². The molecule has 0 aliphatic carbocycles. The Labute approximate surface area is 234 Å². The molecule has 9 nitrogen and oxygen atoms in total. The molecule has 0 spiro atoms. The smallest absolute Gasteiger partial charge is 0.243 e. The number of carbonyl (C=O) groups is 1. The average Bonchev–Trinajstić information content (AvgIpc) is 2.94. The van der Waals surface area contributed by atoms with Crippen molar-refractivity contribution in [3.8, 4) is 0 Å². The standard InChI is InChI=1S/C15H22ClNO4S.C10H17N3O.C2H6/c1-20-10-13-4-3-5-14(11-21-2)17(13)22(18,19)15-8-6-12(16)7-9-15;1-3-10(11-4-2)13-7-5-12(9-14)6-8-13;1-2/h6-9,13-14H,3-5,10-11H2,1-2H3;3-4,9H,5-8H2,1-2H3;1-2H3/b;10-3+,11-4-;. The van der Waals surface area contributed by atoms with E-state index in [4.69, 9.17) is 21.1 Å². The van der Waals surface area contributed by atoms with Crippen LogP contribution in [0.1, 0.15) is 47.0 Å². The minimum Gasteiger partial charge on any atom is -0.383 e. The summed E-state index contributed by atoms with van der Waals surface area (Å²) in [7, 11) is -0.426. The van der Waals surface area contributed by atoms with Crippen molar-refractivity contribution in [1.82, 2.24) is 14.1 Å². The van der Waals surface area contributed by atoms with E-state index in [-0.39, 0.29) is 17.0 Å². The summed E-state index contributed by atoms with van der Waals surface area (Å²) in [6.45, 7) is 12.0. The van der Waals surface area contributed by atoms with Crippen LogP contribution < -0.4 is 0 Å². The van der Waals surface area contributed by atoms with Crippen LogP contribution >= 0.6 is 11.6 Å². The van der Waals surface area contributed by atoms with Crippen molar-refractivity contribution in [3.05, 3.63) is 41.2 Å². The zero-order valence-corrected chi connectivity index (χ0v) is 25.2. The van der Waals surface area contributed by atoms with Gasteiger partial charge in [-0.1, -0.05) is 31.9 Å². The lowest BCUT2D eigenvalue weighted by Gasteiger charge is -2.40. The van der Waals surface area contributed by atoms with Crippen molar-refractivity contribution in [3.63, 3.8) is 0 Å². The summed E-state index contributed by atoms with van der Waals surface area (Å²) in [5.41, 5.74) is 0. The van der Waals surface area contributed by atoms with Crippen molar-refractivity contribution >= 4 is 34.2 Å². The first-order valence-electron chi connectivity index (χ1n) is 13.2. The van der Waals surface area contributed by atoms with E-state index in [0.29, 0.717) is 18.2 Å². The number of halogens is 1. The number of amides is 1. The van der Waals surface area contributed by atoms with E-state index in [1.54, 1.807) is 53.9 Å². The normalized spacial score (nSPS) is 20.9. The van der Waals surface area contributed by atoms with Gasteiger partial charge < -0.3 is 19.3 Å². The summed E-state index contributed by atoms with van der Waals surface area (Å²) in [6.07, 6.45) is 7.25. The Morgan fingerprint density at radius 2 is 1.53 bits per heavy atom. The van der Waals surface area contributed by atoms with Crippen LogP contribution in [-0.4, -0.2) is 101 Å². The SMILES string of the molecule is C/C=N\C(=C/C)N1CCN(C=O)CC1.CC.COCC1CCCC(COC)N1S(=O)(=O)c1ccc(Cl)cc1. The molecule has 2 atom stereocenters. The Hall–Kier alpha value is -1.98. The fourth-order valence-electron chi connectivity index (χ4n) is 4.49. The molecule has 1 aromatic rings. The van der Waals surface area contributed by atoms with Crippen LogP contribution in [0.15, 0.2) is 46.1 Å². The predicted octanol–water partition coefficient (Wildman–Crippen LogP) is 4.28. The van der Waals surface area contributed by atoms with E-state index in [0.717, 1.165) is 57.7 Å². The van der Waals surface area contributed by atoms with Gasteiger partial charge in [0.25, 0.3) is 0 Å². The molecular weight excluding hydrogens is 528 g/mol. The van der Waals surface area contributed by atoms with Crippen molar-refractivity contribution in [2.24, 2.45) is 4.99 Å². The largest absolute Gasteiger partial charge is 0.383 e. The minimum atomic E-state index is -3.61. The van der Waals surface area contributed by atoms with Gasteiger partial charge >= 0.3 is 0 Å². The number of aliphatic imine (C=N–C) groups is 1. The molecule has 2 aliphatic rings. The fraction of sp³-hybridized carbons (Fsp3) is 0.630. The molecule has 2 saturated heterocycles. The van der Waals surface area contributed by atoms with Gasteiger partial charge in [-0.2, -0.15) is 4.31 Å². The van der Waals surface area contributed by atoms with Crippen LogP contribution in [-0.2, 0) is 24.3 Å². The Kier molecular flexibility index (Phi) is 16.4. The highest BCUT2D eigenvalue weighted by atomic mass is 35.5. The number of piperidine rings is 1. The summed E-state index contributed by atoms with van der Waals surface area (Å²) in [6, 6.07) is 5.93. The van der Waals surface area contributed by atoms with Crippen LogP contribution in [0, 0.1) is 0 Å². The number of hydrogen-bond donors (Lipinski definition) is 0. The highest BCUT2D eigenvalue weighted by Gasteiger charge is 2.39. The molecule has 2 unspecified atom stereocenters. The molecule has 2 aliphatic heterocycles. The number of piperazine rings is 1. The van der Waals surface area contributed by atoms with E-state index in [2.05, 4.69) is 9.89 Å². The van der Waals surface area contributed by atoms with Crippen LogP contribution in [0.4, 0.5) is 0 Å². The third-order valence-electron chi connectivity index (χ3n) is 6.21. The van der Waals surface area contributed by atoms with Crippen LogP contribution in [0.2, 0.25) is 5.02 Å². The number of rotatable bonds is 9. The molecule has 11 heteroatoms. The maximum Gasteiger partial charge on any atom is 0.243 e. The molecule has 216 valence electrons. The van der Waals surface area contributed by atoms with Gasteiger partial charge in [-0.15, -0.1) is 0 Å². The third kappa shape index (κ3) is 9.96. The quantitative estimate of drug-likeness (QED) is 0.324. The van der Waals surface area contributed by atoms with Crippen LogP contribution in [0.3, 0.4) is 0 Å². The summed E-state index contributed by atoms with van der Waals surface area (Å²) < 4.78 is 38.1. The Balaban J connectivity index is 0.000000389. The molecule has 2 fully saturated rings. The first kappa shape index (κ1) is 34.0. The number of carbonyl (C=O) groups excluding carboxylic acids is 1. The lowest BCUT2D eigenvalue weighted by molar-refractivity contribution is -0.119. The molecule has 1 aromatic carbocycles. The predicted molar refractivity (Wildman–Crippen MR) is 154 cm³/mol. The van der Waals surface area contributed by atoms with E-state index < -0.39 is 10.0 Å². The molecule has 0 bridgehead atoms. The molecule has 1 amide bonds. The van der Waals surface area contributed by atoms with Gasteiger partial charge in [0, 0.05) is 63.7 Å². The molecule has 38 heavy (non-hydrogen) atoms. The van der Waals surface area contributed by atoms with Gasteiger partial charge in [0.1, 0.15) is 5.82 Å². The first-order chi connectivity index (χ1) is 18.3. The van der Waals surface area contributed by atoms with Crippen molar-refractivity contribution in [2.75, 3.05) is 53.6 Å². The summed E-state index contributed by atoms with van der Waals surface area (Å²) in [5, 5.41) is 0.513. The van der Waals surface area contributed by atoms with Gasteiger partial charge in [-0.3, -0.25) is 4.79 Å². The average molecular weight is 573 g/mol. The van der Waals surface area contributed by atoms with Gasteiger partial charge in [0.05, 0.1) is 18.1 Å². The highest BCUT2D eigenvalue weighted by Crippen LogP contribution is 2.30. The Morgan fingerprint density at radius 1 is 1.00 bits per heavy atom. The molecule has 3 rings (SSSR count). The molecule has 0 radical (unpaired) electrons. The number of sulfonamides is 1. The van der Waals surface area contributed by atoms with Crippen LogP contribution in [0.5, 0.6) is 0 Å². The van der Waals surface area contributed by atoms with Gasteiger partial charge in [-0.05, 0) is 57.0 Å². The molecule has 2 heterocycles. The second-order valence-electron chi connectivity index (χ2n) is 8.60. The third-order valence-corrected chi connectivity index (χ3v) is 8.48. The van der Waals surface area contributed by atoms with Gasteiger partial charge in [0.2, 0.25) is 16.4 Å².